The van der Waals surface area contributed by atoms with E-state index in [1.165, 1.54) is 19.1 Å². The number of amides is 1. The Hall–Kier alpha value is -2.28. The predicted octanol–water partition coefficient (Wildman–Crippen LogP) is 2.29. The molecule has 2 N–H and O–H groups in total. The maximum atomic E-state index is 12.9. The fraction of sp³-hybridized carbons (Fsp3) is 0.214. The Kier molecular flexibility index (Phi) is 4.32. The van der Waals surface area contributed by atoms with E-state index in [2.05, 4.69) is 4.98 Å². The van der Waals surface area contributed by atoms with E-state index in [4.69, 9.17) is 10.5 Å². The number of carbonyl (C=O) groups excluding carboxylic acids is 2. The maximum Gasteiger partial charge on any atom is 0.351 e. The third-order valence-electron chi connectivity index (χ3n) is 2.76. The van der Waals surface area contributed by atoms with Crippen molar-refractivity contribution in [3.05, 3.63) is 40.7 Å². The number of carbonyl (C=O) groups is 2. The number of hydrogen-bond acceptors (Lipinski definition) is 5. The summed E-state index contributed by atoms with van der Waals surface area (Å²) in [6.07, 6.45) is -1.01. The fourth-order valence-electron chi connectivity index (χ4n) is 1.57. The number of thiazole rings is 1. The summed E-state index contributed by atoms with van der Waals surface area (Å²) >= 11 is 1.12. The molecular weight excluding hydrogens is 295 g/mol. The number of aromatic nitrogens is 1. The monoisotopic (exact) mass is 308 g/mol. The van der Waals surface area contributed by atoms with Crippen molar-refractivity contribution in [1.29, 1.82) is 0 Å². The number of esters is 1. The molecule has 0 aliphatic heterocycles. The van der Waals surface area contributed by atoms with Crippen molar-refractivity contribution in [2.75, 3.05) is 0 Å². The minimum atomic E-state index is -1.01. The molecule has 21 heavy (non-hydrogen) atoms. The van der Waals surface area contributed by atoms with Crippen molar-refractivity contribution in [3.8, 4) is 10.6 Å². The van der Waals surface area contributed by atoms with Crippen molar-refractivity contribution in [2.45, 2.75) is 20.0 Å². The normalized spacial score (nSPS) is 12.0. The van der Waals surface area contributed by atoms with Crippen molar-refractivity contribution >= 4 is 23.2 Å². The van der Waals surface area contributed by atoms with Gasteiger partial charge in [-0.2, -0.15) is 0 Å². The fourth-order valence-corrected chi connectivity index (χ4v) is 2.53. The highest BCUT2D eigenvalue weighted by Gasteiger charge is 2.21. The van der Waals surface area contributed by atoms with E-state index < -0.39 is 18.0 Å². The minimum absolute atomic E-state index is 0.294. The molecule has 0 saturated carbocycles. The second-order valence-electron chi connectivity index (χ2n) is 4.39. The zero-order valence-electron chi connectivity index (χ0n) is 11.4. The first-order chi connectivity index (χ1) is 9.88. The van der Waals surface area contributed by atoms with Crippen molar-refractivity contribution in [3.63, 3.8) is 0 Å². The van der Waals surface area contributed by atoms with Gasteiger partial charge in [-0.25, -0.2) is 14.2 Å². The lowest BCUT2D eigenvalue weighted by Gasteiger charge is -2.08. The number of hydrogen-bond donors (Lipinski definition) is 1. The number of aryl methyl sites for hydroxylation is 1. The summed E-state index contributed by atoms with van der Waals surface area (Å²) in [5.41, 5.74) is 6.23. The van der Waals surface area contributed by atoms with Gasteiger partial charge >= 0.3 is 5.97 Å². The summed E-state index contributed by atoms with van der Waals surface area (Å²) in [5.74, 6) is -1.71. The van der Waals surface area contributed by atoms with Gasteiger partial charge in [0.05, 0.1) is 5.69 Å². The first-order valence-corrected chi connectivity index (χ1v) is 6.94. The van der Waals surface area contributed by atoms with Gasteiger partial charge in [-0.3, -0.25) is 4.79 Å². The van der Waals surface area contributed by atoms with Gasteiger partial charge in [-0.15, -0.1) is 11.3 Å². The molecule has 1 amide bonds. The van der Waals surface area contributed by atoms with Gasteiger partial charge in [0, 0.05) is 5.56 Å². The zero-order chi connectivity index (χ0) is 15.6. The number of rotatable bonds is 4. The third-order valence-corrected chi connectivity index (χ3v) is 3.94. The molecule has 0 bridgehead atoms. The molecule has 1 aromatic carbocycles. The molecule has 1 heterocycles. The molecule has 0 aliphatic carbocycles. The van der Waals surface area contributed by atoms with Crippen LogP contribution in [-0.4, -0.2) is 23.0 Å². The molecule has 5 nitrogen and oxygen atoms in total. The van der Waals surface area contributed by atoms with Crippen LogP contribution in [0.25, 0.3) is 10.6 Å². The summed E-state index contributed by atoms with van der Waals surface area (Å²) < 4.78 is 17.8. The number of benzene rings is 1. The highest BCUT2D eigenvalue weighted by Crippen LogP contribution is 2.28. The average molecular weight is 308 g/mol. The zero-order valence-corrected chi connectivity index (χ0v) is 12.2. The standard InChI is InChI=1S/C14H13FN2O3S/c1-7-11(14(19)20-8(2)12(16)18)21-13(17-7)9-3-5-10(15)6-4-9/h3-6,8H,1-2H3,(H2,16,18)/t8-/m1/s1. The van der Waals surface area contributed by atoms with Crippen LogP contribution in [0.1, 0.15) is 22.3 Å². The van der Waals surface area contributed by atoms with Crippen LogP contribution in [0.3, 0.4) is 0 Å². The molecule has 110 valence electrons. The van der Waals surface area contributed by atoms with Crippen molar-refractivity contribution in [1.82, 2.24) is 4.98 Å². The van der Waals surface area contributed by atoms with Crippen LogP contribution >= 0.6 is 11.3 Å². The quantitative estimate of drug-likeness (QED) is 0.879. The lowest BCUT2D eigenvalue weighted by atomic mass is 10.2. The van der Waals surface area contributed by atoms with E-state index in [-0.39, 0.29) is 5.82 Å². The molecule has 1 atom stereocenters. The van der Waals surface area contributed by atoms with Gasteiger partial charge in [0.1, 0.15) is 15.7 Å². The highest BCUT2D eigenvalue weighted by atomic mass is 32.1. The smallest absolute Gasteiger partial charge is 0.351 e. The topological polar surface area (TPSA) is 82.3 Å². The van der Waals surface area contributed by atoms with E-state index in [1.54, 1.807) is 19.1 Å². The first kappa shape index (κ1) is 15.1. The van der Waals surface area contributed by atoms with Crippen LogP contribution in [0.2, 0.25) is 0 Å². The van der Waals surface area contributed by atoms with Crippen LogP contribution in [0.15, 0.2) is 24.3 Å². The van der Waals surface area contributed by atoms with Gasteiger partial charge < -0.3 is 10.5 Å². The Morgan fingerprint density at radius 2 is 1.95 bits per heavy atom. The van der Waals surface area contributed by atoms with Crippen LogP contribution in [0, 0.1) is 12.7 Å². The number of nitrogens with two attached hydrogens (primary N) is 1. The van der Waals surface area contributed by atoms with Crippen LogP contribution < -0.4 is 5.73 Å². The number of halogens is 1. The van der Waals surface area contributed by atoms with Gasteiger partial charge in [0.15, 0.2) is 6.10 Å². The Morgan fingerprint density at radius 3 is 2.52 bits per heavy atom. The average Bonchev–Trinajstić information content (AvgIpc) is 2.81. The van der Waals surface area contributed by atoms with Crippen LogP contribution in [0.5, 0.6) is 0 Å². The molecule has 2 rings (SSSR count). The number of nitrogens with zero attached hydrogens (tertiary/aromatic N) is 1. The predicted molar refractivity (Wildman–Crippen MR) is 76.3 cm³/mol. The van der Waals surface area contributed by atoms with Crippen molar-refractivity contribution in [2.24, 2.45) is 5.73 Å². The summed E-state index contributed by atoms with van der Waals surface area (Å²) in [7, 11) is 0. The summed E-state index contributed by atoms with van der Waals surface area (Å²) in [6.45, 7) is 3.06. The number of primary amides is 1. The minimum Gasteiger partial charge on any atom is -0.448 e. The SMILES string of the molecule is Cc1nc(-c2ccc(F)cc2)sc1C(=O)O[C@H](C)C(N)=O. The van der Waals surface area contributed by atoms with E-state index in [0.29, 0.717) is 21.1 Å². The molecule has 2 aromatic rings. The molecule has 1 aromatic heterocycles. The maximum absolute atomic E-state index is 12.9. The van der Waals surface area contributed by atoms with Gasteiger partial charge in [-0.05, 0) is 38.1 Å². The Balaban J connectivity index is 2.25. The summed E-state index contributed by atoms with van der Waals surface area (Å²) in [5, 5.41) is 0.575. The Labute approximate surface area is 124 Å². The first-order valence-electron chi connectivity index (χ1n) is 6.12. The third kappa shape index (κ3) is 3.43. The molecule has 7 heteroatoms. The van der Waals surface area contributed by atoms with Crippen LogP contribution in [0.4, 0.5) is 4.39 Å². The molecule has 0 spiro atoms. The van der Waals surface area contributed by atoms with E-state index in [1.807, 2.05) is 0 Å². The van der Waals surface area contributed by atoms with Gasteiger partial charge in [0.25, 0.3) is 5.91 Å². The van der Waals surface area contributed by atoms with E-state index >= 15 is 0 Å². The second-order valence-corrected chi connectivity index (χ2v) is 5.39. The van der Waals surface area contributed by atoms with Gasteiger partial charge in [0.2, 0.25) is 0 Å². The van der Waals surface area contributed by atoms with Gasteiger partial charge in [-0.1, -0.05) is 0 Å². The number of ether oxygens (including phenoxy) is 1. The molecule has 0 unspecified atom stereocenters. The van der Waals surface area contributed by atoms with E-state index in [0.717, 1.165) is 11.3 Å². The molecular formula is C14H13FN2O3S. The van der Waals surface area contributed by atoms with Crippen molar-refractivity contribution < 1.29 is 18.7 Å². The van der Waals surface area contributed by atoms with E-state index in [9.17, 15) is 14.0 Å². The summed E-state index contributed by atoms with van der Waals surface area (Å²) in [6, 6.07) is 5.79. The Bertz CT molecular complexity index is 682. The Morgan fingerprint density at radius 1 is 1.33 bits per heavy atom. The molecule has 0 radical (unpaired) electrons. The lowest BCUT2D eigenvalue weighted by molar-refractivity contribution is -0.125. The second kappa shape index (κ2) is 6.01. The largest absolute Gasteiger partial charge is 0.448 e. The molecule has 0 fully saturated rings. The molecule has 0 saturated heterocycles. The summed E-state index contributed by atoms with van der Waals surface area (Å²) in [4.78, 5) is 27.4. The lowest BCUT2D eigenvalue weighted by Crippen LogP contribution is -2.30. The van der Waals surface area contributed by atoms with Crippen LogP contribution in [-0.2, 0) is 9.53 Å². The molecule has 0 aliphatic rings. The highest BCUT2D eigenvalue weighted by molar-refractivity contribution is 7.17.